The third-order valence-corrected chi connectivity index (χ3v) is 3.86. The fraction of sp³-hybridized carbons (Fsp3) is 1.00. The first-order chi connectivity index (χ1) is 8.29. The SMILES string of the molecule is CN1CCN(CCN2CCOCC2CO)CC1. The Morgan fingerprint density at radius 3 is 2.59 bits per heavy atom. The van der Waals surface area contributed by atoms with Gasteiger partial charge in [0.15, 0.2) is 0 Å². The zero-order chi connectivity index (χ0) is 12.1. The molecule has 2 aliphatic rings. The molecule has 100 valence electrons. The minimum Gasteiger partial charge on any atom is -0.395 e. The van der Waals surface area contributed by atoms with Crippen molar-refractivity contribution in [3.05, 3.63) is 0 Å². The van der Waals surface area contributed by atoms with E-state index in [4.69, 9.17) is 4.74 Å². The van der Waals surface area contributed by atoms with E-state index in [0.29, 0.717) is 6.61 Å². The van der Waals surface area contributed by atoms with E-state index in [2.05, 4.69) is 21.7 Å². The van der Waals surface area contributed by atoms with Crippen LogP contribution in [0, 0.1) is 0 Å². The molecule has 0 radical (unpaired) electrons. The van der Waals surface area contributed by atoms with Gasteiger partial charge in [0.1, 0.15) is 0 Å². The van der Waals surface area contributed by atoms with Crippen molar-refractivity contribution in [1.82, 2.24) is 14.7 Å². The van der Waals surface area contributed by atoms with E-state index in [1.54, 1.807) is 0 Å². The maximum absolute atomic E-state index is 9.29. The number of likely N-dealkylation sites (N-methyl/N-ethyl adjacent to an activating group) is 1. The number of ether oxygens (including phenoxy) is 1. The molecule has 2 saturated heterocycles. The first kappa shape index (κ1) is 13.2. The summed E-state index contributed by atoms with van der Waals surface area (Å²) in [6.45, 7) is 9.51. The topological polar surface area (TPSA) is 39.2 Å². The van der Waals surface area contributed by atoms with Crippen LogP contribution in [0.5, 0.6) is 0 Å². The molecule has 17 heavy (non-hydrogen) atoms. The van der Waals surface area contributed by atoms with Gasteiger partial charge in [0.2, 0.25) is 0 Å². The van der Waals surface area contributed by atoms with Crippen LogP contribution in [0.15, 0.2) is 0 Å². The van der Waals surface area contributed by atoms with Gasteiger partial charge in [-0.3, -0.25) is 9.80 Å². The zero-order valence-electron chi connectivity index (χ0n) is 10.8. The Kier molecular flexibility index (Phi) is 5.18. The van der Waals surface area contributed by atoms with Crippen LogP contribution in [0.1, 0.15) is 0 Å². The van der Waals surface area contributed by atoms with E-state index in [9.17, 15) is 5.11 Å². The number of nitrogens with zero attached hydrogens (tertiary/aromatic N) is 3. The number of hydrogen-bond acceptors (Lipinski definition) is 5. The summed E-state index contributed by atoms with van der Waals surface area (Å²) in [6, 6.07) is 0.205. The van der Waals surface area contributed by atoms with Crippen molar-refractivity contribution in [3.63, 3.8) is 0 Å². The highest BCUT2D eigenvalue weighted by Crippen LogP contribution is 2.07. The molecule has 0 aromatic carbocycles. The lowest BCUT2D eigenvalue weighted by atomic mass is 10.2. The molecule has 2 aliphatic heterocycles. The van der Waals surface area contributed by atoms with Crippen molar-refractivity contribution in [1.29, 1.82) is 0 Å². The van der Waals surface area contributed by atoms with Gasteiger partial charge in [0, 0.05) is 45.8 Å². The maximum Gasteiger partial charge on any atom is 0.0644 e. The quantitative estimate of drug-likeness (QED) is 0.680. The number of morpholine rings is 1. The Morgan fingerprint density at radius 2 is 1.88 bits per heavy atom. The second kappa shape index (κ2) is 6.66. The lowest BCUT2D eigenvalue weighted by molar-refractivity contribution is -0.0313. The third-order valence-electron chi connectivity index (χ3n) is 3.86. The molecule has 2 fully saturated rings. The molecule has 1 N–H and O–H groups in total. The van der Waals surface area contributed by atoms with Gasteiger partial charge in [-0.2, -0.15) is 0 Å². The van der Waals surface area contributed by atoms with Crippen molar-refractivity contribution < 1.29 is 9.84 Å². The highest BCUT2D eigenvalue weighted by molar-refractivity contribution is 4.77. The summed E-state index contributed by atoms with van der Waals surface area (Å²) in [4.78, 5) is 7.26. The molecule has 1 unspecified atom stereocenters. The normalized spacial score (nSPS) is 29.6. The molecule has 0 spiro atoms. The summed E-state index contributed by atoms with van der Waals surface area (Å²) >= 11 is 0. The average molecular weight is 243 g/mol. The Morgan fingerprint density at radius 1 is 1.12 bits per heavy atom. The minimum atomic E-state index is 0.205. The standard InChI is InChI=1S/C12H25N3O2/c1-13-2-4-14(5-3-13)6-7-15-8-9-17-11-12(15)10-16/h12,16H,2-11H2,1H3. The van der Waals surface area contributed by atoms with Gasteiger partial charge < -0.3 is 14.7 Å². The van der Waals surface area contributed by atoms with E-state index in [0.717, 1.165) is 26.2 Å². The predicted molar refractivity (Wildman–Crippen MR) is 67.2 cm³/mol. The maximum atomic E-state index is 9.29. The molecular formula is C12H25N3O2. The number of aliphatic hydroxyl groups is 1. The van der Waals surface area contributed by atoms with Gasteiger partial charge in [0.05, 0.1) is 25.9 Å². The molecule has 0 aromatic heterocycles. The van der Waals surface area contributed by atoms with Crippen LogP contribution >= 0.6 is 0 Å². The number of aliphatic hydroxyl groups excluding tert-OH is 1. The molecule has 1 atom stereocenters. The van der Waals surface area contributed by atoms with Gasteiger partial charge in [-0.15, -0.1) is 0 Å². The molecule has 2 rings (SSSR count). The molecular weight excluding hydrogens is 218 g/mol. The number of piperazine rings is 1. The molecule has 0 saturated carbocycles. The Labute approximate surface area is 104 Å². The van der Waals surface area contributed by atoms with Crippen molar-refractivity contribution in [2.24, 2.45) is 0 Å². The van der Waals surface area contributed by atoms with Crippen LogP contribution in [0.4, 0.5) is 0 Å². The van der Waals surface area contributed by atoms with Crippen LogP contribution in [-0.4, -0.2) is 98.5 Å². The first-order valence-electron chi connectivity index (χ1n) is 6.63. The summed E-state index contributed by atoms with van der Waals surface area (Å²) in [7, 11) is 2.18. The monoisotopic (exact) mass is 243 g/mol. The van der Waals surface area contributed by atoms with E-state index < -0.39 is 0 Å². The molecule has 0 aromatic rings. The minimum absolute atomic E-state index is 0.205. The molecule has 0 bridgehead atoms. The van der Waals surface area contributed by atoms with Crippen LogP contribution < -0.4 is 0 Å². The Balaban J connectivity index is 1.69. The fourth-order valence-electron chi connectivity index (χ4n) is 2.49. The average Bonchev–Trinajstić information content (AvgIpc) is 2.38. The Hall–Kier alpha value is -0.200. The lowest BCUT2D eigenvalue weighted by Crippen LogP contribution is -2.52. The molecule has 0 amide bonds. The molecule has 0 aliphatic carbocycles. The van der Waals surface area contributed by atoms with Crippen molar-refractivity contribution >= 4 is 0 Å². The van der Waals surface area contributed by atoms with Crippen molar-refractivity contribution in [3.8, 4) is 0 Å². The second-order valence-corrected chi connectivity index (χ2v) is 5.09. The van der Waals surface area contributed by atoms with E-state index in [1.165, 1.54) is 26.2 Å². The summed E-state index contributed by atoms with van der Waals surface area (Å²) in [5.74, 6) is 0. The van der Waals surface area contributed by atoms with Gasteiger partial charge >= 0.3 is 0 Å². The van der Waals surface area contributed by atoms with Crippen molar-refractivity contribution in [2.45, 2.75) is 6.04 Å². The number of hydrogen-bond donors (Lipinski definition) is 1. The lowest BCUT2D eigenvalue weighted by Gasteiger charge is -2.37. The van der Waals surface area contributed by atoms with E-state index in [-0.39, 0.29) is 12.6 Å². The van der Waals surface area contributed by atoms with Crippen LogP contribution in [0.3, 0.4) is 0 Å². The summed E-state index contributed by atoms with van der Waals surface area (Å²) in [5, 5.41) is 9.29. The first-order valence-corrected chi connectivity index (χ1v) is 6.63. The van der Waals surface area contributed by atoms with Crippen molar-refractivity contribution in [2.75, 3.05) is 72.7 Å². The molecule has 2 heterocycles. The van der Waals surface area contributed by atoms with Gasteiger partial charge in [-0.1, -0.05) is 0 Å². The van der Waals surface area contributed by atoms with Gasteiger partial charge in [-0.05, 0) is 7.05 Å². The van der Waals surface area contributed by atoms with E-state index >= 15 is 0 Å². The van der Waals surface area contributed by atoms with Gasteiger partial charge in [-0.25, -0.2) is 0 Å². The van der Waals surface area contributed by atoms with E-state index in [1.807, 2.05) is 0 Å². The van der Waals surface area contributed by atoms with Gasteiger partial charge in [0.25, 0.3) is 0 Å². The smallest absolute Gasteiger partial charge is 0.0644 e. The highest BCUT2D eigenvalue weighted by atomic mass is 16.5. The number of rotatable bonds is 4. The second-order valence-electron chi connectivity index (χ2n) is 5.09. The third kappa shape index (κ3) is 3.89. The predicted octanol–water partition coefficient (Wildman–Crippen LogP) is -1.07. The largest absolute Gasteiger partial charge is 0.395 e. The summed E-state index contributed by atoms with van der Waals surface area (Å²) in [6.07, 6.45) is 0. The molecule has 5 nitrogen and oxygen atoms in total. The highest BCUT2D eigenvalue weighted by Gasteiger charge is 2.23. The summed E-state index contributed by atoms with van der Waals surface area (Å²) < 4.78 is 5.39. The van der Waals surface area contributed by atoms with Crippen LogP contribution in [-0.2, 0) is 4.74 Å². The van der Waals surface area contributed by atoms with Crippen LogP contribution in [0.25, 0.3) is 0 Å². The van der Waals surface area contributed by atoms with Crippen LogP contribution in [0.2, 0.25) is 0 Å². The fourth-order valence-corrected chi connectivity index (χ4v) is 2.49. The molecule has 5 heteroatoms. The zero-order valence-corrected chi connectivity index (χ0v) is 10.8. The summed E-state index contributed by atoms with van der Waals surface area (Å²) in [5.41, 5.74) is 0. The Bertz CT molecular complexity index is 220.